The van der Waals surface area contributed by atoms with Crippen molar-refractivity contribution < 1.29 is 0 Å². The minimum Gasteiger partial charge on any atom is -0.329 e. The van der Waals surface area contributed by atoms with Crippen molar-refractivity contribution in [2.24, 2.45) is 5.73 Å². The summed E-state index contributed by atoms with van der Waals surface area (Å²) in [6.45, 7) is 12.6. The molecule has 114 valence electrons. The molecule has 2 N–H and O–H groups in total. The number of unbranched alkanes of at least 4 members (excludes halogenated alkanes) is 4. The van der Waals surface area contributed by atoms with Gasteiger partial charge in [0, 0.05) is 35.7 Å². The molecule has 2 nitrogen and oxygen atoms in total. The number of nitrogens with zero attached hydrogens (tertiary/aromatic N) is 1. The standard InChI is InChI=1S/C16H34N2S/c1-5-6-7-8-9-10-16(4,13-17)18-11-14(2)19-15(3)12-18/h14-15H,5-13,17H2,1-4H3. The molecule has 0 aromatic carbocycles. The fourth-order valence-corrected chi connectivity index (χ4v) is 4.44. The lowest BCUT2D eigenvalue weighted by Gasteiger charge is -2.46. The van der Waals surface area contributed by atoms with Crippen molar-refractivity contribution in [2.75, 3.05) is 19.6 Å². The van der Waals surface area contributed by atoms with Gasteiger partial charge < -0.3 is 5.73 Å². The fourth-order valence-electron chi connectivity index (χ4n) is 3.12. The maximum absolute atomic E-state index is 6.12. The van der Waals surface area contributed by atoms with E-state index in [4.69, 9.17) is 5.73 Å². The zero-order valence-electron chi connectivity index (χ0n) is 13.5. The first-order valence-electron chi connectivity index (χ1n) is 8.12. The topological polar surface area (TPSA) is 29.3 Å². The molecule has 3 unspecified atom stereocenters. The van der Waals surface area contributed by atoms with Crippen molar-refractivity contribution in [3.63, 3.8) is 0 Å². The van der Waals surface area contributed by atoms with Crippen LogP contribution in [0, 0.1) is 0 Å². The third-order valence-corrected chi connectivity index (χ3v) is 5.67. The van der Waals surface area contributed by atoms with E-state index in [-0.39, 0.29) is 5.54 Å². The normalized spacial score (nSPS) is 28.3. The molecule has 0 bridgehead atoms. The number of nitrogens with two attached hydrogens (primary N) is 1. The highest BCUT2D eigenvalue weighted by Gasteiger charge is 2.34. The largest absolute Gasteiger partial charge is 0.329 e. The van der Waals surface area contributed by atoms with Gasteiger partial charge in [-0.3, -0.25) is 4.90 Å². The van der Waals surface area contributed by atoms with E-state index in [1.54, 1.807) is 0 Å². The third-order valence-electron chi connectivity index (χ3n) is 4.44. The van der Waals surface area contributed by atoms with Crippen LogP contribution in [0.5, 0.6) is 0 Å². The van der Waals surface area contributed by atoms with Gasteiger partial charge in [-0.2, -0.15) is 11.8 Å². The first-order chi connectivity index (χ1) is 9.01. The van der Waals surface area contributed by atoms with Crippen LogP contribution in [0.1, 0.15) is 66.2 Å². The molecule has 0 radical (unpaired) electrons. The average Bonchev–Trinajstić information content (AvgIpc) is 2.37. The lowest BCUT2D eigenvalue weighted by Crippen LogP contribution is -2.57. The first kappa shape index (κ1) is 17.3. The second-order valence-electron chi connectivity index (χ2n) is 6.53. The van der Waals surface area contributed by atoms with E-state index in [0.29, 0.717) is 0 Å². The molecule has 0 spiro atoms. The Kier molecular flexibility index (Phi) is 7.78. The third kappa shape index (κ3) is 5.65. The van der Waals surface area contributed by atoms with Crippen LogP contribution in [-0.2, 0) is 0 Å². The van der Waals surface area contributed by atoms with E-state index in [1.807, 2.05) is 0 Å². The van der Waals surface area contributed by atoms with Crippen LogP contribution in [0.25, 0.3) is 0 Å². The fraction of sp³-hybridized carbons (Fsp3) is 1.00. The second-order valence-corrected chi connectivity index (χ2v) is 8.41. The predicted octanol–water partition coefficient (Wildman–Crippen LogP) is 3.89. The van der Waals surface area contributed by atoms with Gasteiger partial charge in [0.1, 0.15) is 0 Å². The van der Waals surface area contributed by atoms with Gasteiger partial charge in [-0.25, -0.2) is 0 Å². The molecule has 0 aliphatic carbocycles. The number of rotatable bonds is 8. The predicted molar refractivity (Wildman–Crippen MR) is 88.9 cm³/mol. The van der Waals surface area contributed by atoms with E-state index in [1.165, 1.54) is 51.6 Å². The number of thioether (sulfide) groups is 1. The van der Waals surface area contributed by atoms with E-state index in [9.17, 15) is 0 Å². The quantitative estimate of drug-likeness (QED) is 0.686. The monoisotopic (exact) mass is 286 g/mol. The van der Waals surface area contributed by atoms with Gasteiger partial charge in [0.25, 0.3) is 0 Å². The highest BCUT2D eigenvalue weighted by Crippen LogP contribution is 2.31. The van der Waals surface area contributed by atoms with E-state index >= 15 is 0 Å². The van der Waals surface area contributed by atoms with E-state index in [2.05, 4.69) is 44.4 Å². The van der Waals surface area contributed by atoms with Crippen molar-refractivity contribution in [1.29, 1.82) is 0 Å². The zero-order chi connectivity index (χ0) is 14.3. The summed E-state index contributed by atoms with van der Waals surface area (Å²) in [4.78, 5) is 2.67. The maximum Gasteiger partial charge on any atom is 0.0304 e. The Hall–Kier alpha value is 0.270. The summed E-state index contributed by atoms with van der Waals surface area (Å²) in [6, 6.07) is 0. The summed E-state index contributed by atoms with van der Waals surface area (Å²) in [5.41, 5.74) is 6.34. The summed E-state index contributed by atoms with van der Waals surface area (Å²) in [5.74, 6) is 0. The van der Waals surface area contributed by atoms with Gasteiger partial charge >= 0.3 is 0 Å². The van der Waals surface area contributed by atoms with Crippen LogP contribution in [-0.4, -0.2) is 40.6 Å². The van der Waals surface area contributed by atoms with Crippen molar-refractivity contribution in [2.45, 2.75) is 82.3 Å². The smallest absolute Gasteiger partial charge is 0.0304 e. The van der Waals surface area contributed by atoms with Crippen molar-refractivity contribution in [3.05, 3.63) is 0 Å². The summed E-state index contributed by atoms with van der Waals surface area (Å²) < 4.78 is 0. The molecule has 1 saturated heterocycles. The van der Waals surface area contributed by atoms with Crippen LogP contribution in [0.2, 0.25) is 0 Å². The molecule has 1 heterocycles. The number of hydrogen-bond acceptors (Lipinski definition) is 3. The van der Waals surface area contributed by atoms with E-state index < -0.39 is 0 Å². The molecule has 1 aliphatic rings. The average molecular weight is 287 g/mol. The van der Waals surface area contributed by atoms with Gasteiger partial charge in [-0.05, 0) is 13.3 Å². The van der Waals surface area contributed by atoms with Gasteiger partial charge in [0.2, 0.25) is 0 Å². The van der Waals surface area contributed by atoms with Gasteiger partial charge in [0.15, 0.2) is 0 Å². The highest BCUT2D eigenvalue weighted by molar-refractivity contribution is 8.00. The van der Waals surface area contributed by atoms with Crippen LogP contribution in [0.15, 0.2) is 0 Å². The summed E-state index contributed by atoms with van der Waals surface area (Å²) in [5, 5.41) is 1.49. The lowest BCUT2D eigenvalue weighted by atomic mass is 9.91. The summed E-state index contributed by atoms with van der Waals surface area (Å²) in [7, 11) is 0. The summed E-state index contributed by atoms with van der Waals surface area (Å²) >= 11 is 2.12. The lowest BCUT2D eigenvalue weighted by molar-refractivity contribution is 0.0965. The zero-order valence-corrected chi connectivity index (χ0v) is 14.3. The van der Waals surface area contributed by atoms with Gasteiger partial charge in [0.05, 0.1) is 0 Å². The van der Waals surface area contributed by atoms with Crippen LogP contribution in [0.3, 0.4) is 0 Å². The molecular weight excluding hydrogens is 252 g/mol. The van der Waals surface area contributed by atoms with Crippen molar-refractivity contribution >= 4 is 11.8 Å². The SMILES string of the molecule is CCCCCCCC(C)(CN)N1CC(C)SC(C)C1. The molecule has 0 aromatic heterocycles. The Morgan fingerprint density at radius 2 is 1.68 bits per heavy atom. The molecule has 19 heavy (non-hydrogen) atoms. The second kappa shape index (κ2) is 8.53. The molecule has 1 fully saturated rings. The van der Waals surface area contributed by atoms with Crippen LogP contribution < -0.4 is 5.73 Å². The molecule has 1 aliphatic heterocycles. The Morgan fingerprint density at radius 1 is 1.11 bits per heavy atom. The van der Waals surface area contributed by atoms with Crippen LogP contribution in [0.4, 0.5) is 0 Å². The van der Waals surface area contributed by atoms with E-state index in [0.717, 1.165) is 17.0 Å². The Labute approximate surface area is 124 Å². The van der Waals surface area contributed by atoms with Gasteiger partial charge in [-0.15, -0.1) is 0 Å². The first-order valence-corrected chi connectivity index (χ1v) is 9.06. The molecule has 0 amide bonds. The highest BCUT2D eigenvalue weighted by atomic mass is 32.2. The summed E-state index contributed by atoms with van der Waals surface area (Å²) in [6.07, 6.45) is 8.06. The van der Waals surface area contributed by atoms with Crippen molar-refractivity contribution in [1.82, 2.24) is 4.90 Å². The molecule has 0 saturated carbocycles. The minimum atomic E-state index is 0.218. The van der Waals surface area contributed by atoms with Gasteiger partial charge in [-0.1, -0.05) is 52.9 Å². The molecule has 1 rings (SSSR count). The molecular formula is C16H34N2S. The van der Waals surface area contributed by atoms with Crippen LogP contribution >= 0.6 is 11.8 Å². The maximum atomic E-state index is 6.12. The minimum absolute atomic E-state index is 0.218. The molecule has 0 aromatic rings. The van der Waals surface area contributed by atoms with Crippen molar-refractivity contribution in [3.8, 4) is 0 Å². The molecule has 3 atom stereocenters. The number of hydrogen-bond donors (Lipinski definition) is 1. The Morgan fingerprint density at radius 3 is 2.21 bits per heavy atom. The molecule has 3 heteroatoms. The Bertz CT molecular complexity index is 237. The Balaban J connectivity index is 2.43.